The largest absolute Gasteiger partial charge is 0.392 e. The summed E-state index contributed by atoms with van der Waals surface area (Å²) in [6.45, 7) is 2.58. The second-order valence-electron chi connectivity index (χ2n) is 3.38. The maximum absolute atomic E-state index is 12.9. The van der Waals surface area contributed by atoms with E-state index in [9.17, 15) is 13.9 Å². The molecule has 0 unspecified atom stereocenters. The minimum Gasteiger partial charge on any atom is -0.392 e. The Kier molecular flexibility index (Phi) is 3.01. The van der Waals surface area contributed by atoms with Crippen LogP contribution >= 0.6 is 0 Å². The number of halogens is 2. The van der Waals surface area contributed by atoms with Gasteiger partial charge in [0, 0.05) is 13.0 Å². The molecule has 1 atom stereocenters. The predicted molar refractivity (Wildman–Crippen MR) is 42.3 cm³/mol. The van der Waals surface area contributed by atoms with Gasteiger partial charge in [-0.25, -0.2) is 8.78 Å². The van der Waals surface area contributed by atoms with Crippen LogP contribution in [-0.2, 0) is 0 Å². The Morgan fingerprint density at radius 1 is 1.58 bits per heavy atom. The molecule has 0 aliphatic carbocycles. The summed E-state index contributed by atoms with van der Waals surface area (Å²) in [4.78, 5) is 1.59. The molecule has 0 spiro atoms. The number of likely N-dealkylation sites (tertiary alicyclic amines) is 1. The molecule has 1 aliphatic rings. The van der Waals surface area contributed by atoms with Gasteiger partial charge in [-0.1, -0.05) is 6.92 Å². The number of nitrogens with zero attached hydrogens (tertiary/aromatic N) is 1. The zero-order valence-corrected chi connectivity index (χ0v) is 7.26. The molecule has 0 aromatic carbocycles. The molecule has 1 N–H and O–H groups in total. The molecular formula is C8H15F2NO. The van der Waals surface area contributed by atoms with Gasteiger partial charge in [0.05, 0.1) is 12.6 Å². The first kappa shape index (κ1) is 9.86. The van der Waals surface area contributed by atoms with Crippen LogP contribution in [0.5, 0.6) is 0 Å². The molecule has 2 nitrogen and oxygen atoms in total. The third-order valence-electron chi connectivity index (χ3n) is 2.21. The summed E-state index contributed by atoms with van der Waals surface area (Å²) in [5.74, 6) is -2.62. The lowest BCUT2D eigenvalue weighted by Gasteiger charge is -2.22. The monoisotopic (exact) mass is 179 g/mol. The van der Waals surface area contributed by atoms with E-state index >= 15 is 0 Å². The van der Waals surface area contributed by atoms with Crippen LogP contribution in [-0.4, -0.2) is 41.7 Å². The van der Waals surface area contributed by atoms with E-state index in [2.05, 4.69) is 0 Å². The van der Waals surface area contributed by atoms with E-state index in [1.807, 2.05) is 6.92 Å². The first-order valence-electron chi connectivity index (χ1n) is 4.32. The SMILES string of the molecule is CCN1C[C@@H](O)CCC(F)(F)C1. The molecule has 1 heterocycles. The van der Waals surface area contributed by atoms with Gasteiger partial charge in [-0.15, -0.1) is 0 Å². The van der Waals surface area contributed by atoms with Crippen molar-refractivity contribution in [3.8, 4) is 0 Å². The Balaban J connectivity index is 2.56. The van der Waals surface area contributed by atoms with E-state index in [-0.39, 0.29) is 19.4 Å². The molecule has 1 saturated heterocycles. The second kappa shape index (κ2) is 3.66. The lowest BCUT2D eigenvalue weighted by atomic mass is 10.1. The van der Waals surface area contributed by atoms with Crippen LogP contribution in [0.2, 0.25) is 0 Å². The van der Waals surface area contributed by atoms with E-state index in [0.29, 0.717) is 13.1 Å². The molecule has 1 fully saturated rings. The van der Waals surface area contributed by atoms with E-state index < -0.39 is 12.0 Å². The molecule has 0 saturated carbocycles. The van der Waals surface area contributed by atoms with Crippen LogP contribution in [0.4, 0.5) is 8.78 Å². The Labute approximate surface area is 71.2 Å². The highest BCUT2D eigenvalue weighted by molar-refractivity contribution is 4.79. The van der Waals surface area contributed by atoms with Crippen molar-refractivity contribution in [1.82, 2.24) is 4.90 Å². The second-order valence-corrected chi connectivity index (χ2v) is 3.38. The Bertz CT molecular complexity index is 152. The van der Waals surface area contributed by atoms with Crippen molar-refractivity contribution in [2.45, 2.75) is 31.8 Å². The molecule has 0 bridgehead atoms. The number of aliphatic hydroxyl groups is 1. The molecule has 0 aromatic rings. The van der Waals surface area contributed by atoms with Crippen LogP contribution in [0, 0.1) is 0 Å². The molecule has 72 valence electrons. The van der Waals surface area contributed by atoms with Crippen molar-refractivity contribution < 1.29 is 13.9 Å². The smallest absolute Gasteiger partial charge is 0.260 e. The summed E-state index contributed by atoms with van der Waals surface area (Å²) in [6.07, 6.45) is -0.563. The van der Waals surface area contributed by atoms with Gasteiger partial charge in [-0.05, 0) is 13.0 Å². The maximum atomic E-state index is 12.9. The van der Waals surface area contributed by atoms with Gasteiger partial charge in [0.1, 0.15) is 0 Å². The van der Waals surface area contributed by atoms with Gasteiger partial charge in [0.2, 0.25) is 0 Å². The summed E-state index contributed by atoms with van der Waals surface area (Å²) >= 11 is 0. The highest BCUT2D eigenvalue weighted by Gasteiger charge is 2.35. The van der Waals surface area contributed by atoms with Crippen molar-refractivity contribution in [3.63, 3.8) is 0 Å². The zero-order valence-electron chi connectivity index (χ0n) is 7.26. The minimum atomic E-state index is -2.62. The van der Waals surface area contributed by atoms with Gasteiger partial charge in [-0.3, -0.25) is 4.90 Å². The van der Waals surface area contributed by atoms with E-state index in [1.165, 1.54) is 0 Å². The fourth-order valence-electron chi connectivity index (χ4n) is 1.48. The molecule has 4 heteroatoms. The number of aliphatic hydroxyl groups excluding tert-OH is 1. The quantitative estimate of drug-likeness (QED) is 0.651. The molecule has 0 aromatic heterocycles. The average Bonchev–Trinajstić information content (AvgIpc) is 2.10. The third kappa shape index (κ3) is 2.68. The fourth-order valence-corrected chi connectivity index (χ4v) is 1.48. The summed E-state index contributed by atoms with van der Waals surface area (Å²) in [7, 11) is 0. The number of hydrogen-bond donors (Lipinski definition) is 1. The number of β-amino-alcohol motifs (C(OH)–C–C–N with tert-alkyl or cyclic N) is 1. The Morgan fingerprint density at radius 3 is 2.83 bits per heavy atom. The summed E-state index contributed by atoms with van der Waals surface area (Å²) in [6, 6.07) is 0. The third-order valence-corrected chi connectivity index (χ3v) is 2.21. The lowest BCUT2D eigenvalue weighted by molar-refractivity contribution is -0.0285. The van der Waals surface area contributed by atoms with Crippen LogP contribution in [0.15, 0.2) is 0 Å². The van der Waals surface area contributed by atoms with Crippen LogP contribution in [0.25, 0.3) is 0 Å². The standard InChI is InChI=1S/C8H15F2NO/c1-2-11-5-7(12)3-4-8(9,10)6-11/h7,12H,2-6H2,1H3/t7-/m0/s1. The van der Waals surface area contributed by atoms with E-state index in [0.717, 1.165) is 0 Å². The molecule has 12 heavy (non-hydrogen) atoms. The van der Waals surface area contributed by atoms with Gasteiger partial charge >= 0.3 is 0 Å². The molecule has 1 rings (SSSR count). The van der Waals surface area contributed by atoms with Gasteiger partial charge in [0.15, 0.2) is 0 Å². The summed E-state index contributed by atoms with van der Waals surface area (Å²) in [5.41, 5.74) is 0. The molecule has 0 radical (unpaired) electrons. The van der Waals surface area contributed by atoms with Crippen molar-refractivity contribution in [1.29, 1.82) is 0 Å². The van der Waals surface area contributed by atoms with E-state index in [1.54, 1.807) is 4.90 Å². The van der Waals surface area contributed by atoms with Crippen molar-refractivity contribution in [2.24, 2.45) is 0 Å². The van der Waals surface area contributed by atoms with E-state index in [4.69, 9.17) is 0 Å². The van der Waals surface area contributed by atoms with Crippen molar-refractivity contribution in [3.05, 3.63) is 0 Å². The van der Waals surface area contributed by atoms with Gasteiger partial charge < -0.3 is 5.11 Å². The Morgan fingerprint density at radius 2 is 2.25 bits per heavy atom. The van der Waals surface area contributed by atoms with Crippen LogP contribution < -0.4 is 0 Å². The van der Waals surface area contributed by atoms with Crippen LogP contribution in [0.3, 0.4) is 0 Å². The fraction of sp³-hybridized carbons (Fsp3) is 1.00. The average molecular weight is 179 g/mol. The first-order chi connectivity index (χ1) is 5.53. The highest BCUT2D eigenvalue weighted by atomic mass is 19.3. The predicted octanol–water partition coefficient (Wildman–Crippen LogP) is 1.10. The van der Waals surface area contributed by atoms with Crippen LogP contribution in [0.1, 0.15) is 19.8 Å². The minimum absolute atomic E-state index is 0.190. The number of rotatable bonds is 1. The zero-order chi connectivity index (χ0) is 9.19. The van der Waals surface area contributed by atoms with Crippen molar-refractivity contribution in [2.75, 3.05) is 19.6 Å². The lowest BCUT2D eigenvalue weighted by Crippen LogP contribution is -2.36. The normalized spacial score (nSPS) is 31.5. The first-order valence-corrected chi connectivity index (χ1v) is 4.32. The topological polar surface area (TPSA) is 23.5 Å². The van der Waals surface area contributed by atoms with Crippen molar-refractivity contribution >= 4 is 0 Å². The molecule has 1 aliphatic heterocycles. The van der Waals surface area contributed by atoms with Gasteiger partial charge in [0.25, 0.3) is 5.92 Å². The number of hydrogen-bond acceptors (Lipinski definition) is 2. The molecule has 0 amide bonds. The maximum Gasteiger partial charge on any atom is 0.260 e. The number of alkyl halides is 2. The summed E-state index contributed by atoms with van der Waals surface area (Å²) in [5, 5.41) is 9.25. The molecular weight excluding hydrogens is 164 g/mol. The van der Waals surface area contributed by atoms with Gasteiger partial charge in [-0.2, -0.15) is 0 Å². The highest BCUT2D eigenvalue weighted by Crippen LogP contribution is 2.25. The summed E-state index contributed by atoms with van der Waals surface area (Å²) < 4.78 is 25.8. The number of likely N-dealkylation sites (N-methyl/N-ethyl adjacent to an activating group) is 1. The Hall–Kier alpha value is -0.220.